The number of hydrogen-bond acceptors (Lipinski definition) is 8. The molecule has 3 aliphatic heterocycles. The Balaban J connectivity index is 1.43. The molecule has 0 spiro atoms. The predicted molar refractivity (Wildman–Crippen MR) is 156 cm³/mol. The number of carbonyl (C=O) groups is 2. The molecule has 11 nitrogen and oxygen atoms in total. The SMILES string of the molecule is CCCCc1nc(Cl)c(CN2C[C@@H]3NC(=O)c4cc(OC)cc(c4)OCC(=O)NCc4ccc(cc4OC)O[C@H]3C2)[nH]1. The summed E-state index contributed by atoms with van der Waals surface area (Å²) in [7, 11) is 3.08. The largest absolute Gasteiger partial charge is 0.497 e. The molecule has 2 aromatic carbocycles. The van der Waals surface area contributed by atoms with Gasteiger partial charge in [0, 0.05) is 55.9 Å². The molecule has 0 saturated carbocycles. The maximum atomic E-state index is 13.5. The van der Waals surface area contributed by atoms with E-state index < -0.39 is 0 Å². The number of likely N-dealkylation sites (tertiary alicyclic amines) is 1. The first kappa shape index (κ1) is 29.5. The van der Waals surface area contributed by atoms with E-state index in [1.165, 1.54) is 7.11 Å². The van der Waals surface area contributed by atoms with Gasteiger partial charge in [-0.05, 0) is 30.7 Å². The first-order valence-corrected chi connectivity index (χ1v) is 14.4. The summed E-state index contributed by atoms with van der Waals surface area (Å²) in [5.74, 6) is 2.18. The molecule has 0 aliphatic carbocycles. The monoisotopic (exact) mass is 597 g/mol. The minimum atomic E-state index is -0.373. The van der Waals surface area contributed by atoms with Crippen LogP contribution in [0.25, 0.3) is 0 Å². The Bertz CT molecular complexity index is 1430. The summed E-state index contributed by atoms with van der Waals surface area (Å²) in [6.07, 6.45) is 2.57. The number of amides is 2. The summed E-state index contributed by atoms with van der Waals surface area (Å²) in [5.41, 5.74) is 1.97. The van der Waals surface area contributed by atoms with E-state index in [-0.39, 0.29) is 37.1 Å². The van der Waals surface area contributed by atoms with Crippen molar-refractivity contribution in [2.24, 2.45) is 0 Å². The van der Waals surface area contributed by atoms with Crippen molar-refractivity contribution < 1.29 is 28.5 Å². The number of methoxy groups -OCH3 is 2. The summed E-state index contributed by atoms with van der Waals surface area (Å²) in [6, 6.07) is 9.98. The van der Waals surface area contributed by atoms with Crippen LogP contribution in [0, 0.1) is 0 Å². The van der Waals surface area contributed by atoms with Crippen LogP contribution in [-0.4, -0.2) is 72.7 Å². The molecule has 0 radical (unpaired) electrons. The summed E-state index contributed by atoms with van der Waals surface area (Å²) in [6.45, 7) is 3.75. The highest BCUT2D eigenvalue weighted by atomic mass is 35.5. The molecule has 2 atom stereocenters. The van der Waals surface area contributed by atoms with E-state index in [1.54, 1.807) is 31.4 Å². The lowest BCUT2D eigenvalue weighted by molar-refractivity contribution is -0.123. The second kappa shape index (κ2) is 13.3. The normalized spacial score (nSPS) is 19.2. The number of unbranched alkanes of at least 4 members (excludes halogenated alkanes) is 1. The molecule has 3 aliphatic rings. The third kappa shape index (κ3) is 7.08. The van der Waals surface area contributed by atoms with Crippen LogP contribution >= 0.6 is 11.6 Å². The van der Waals surface area contributed by atoms with Gasteiger partial charge in [-0.15, -0.1) is 0 Å². The Hall–Kier alpha value is -3.96. The van der Waals surface area contributed by atoms with E-state index >= 15 is 0 Å². The van der Waals surface area contributed by atoms with Gasteiger partial charge in [-0.3, -0.25) is 14.5 Å². The third-order valence-corrected chi connectivity index (χ3v) is 7.67. The average molecular weight is 598 g/mol. The number of fused-ring (bicyclic) bond motifs is 7. The van der Waals surface area contributed by atoms with Crippen LogP contribution in [0.3, 0.4) is 0 Å². The Labute approximate surface area is 249 Å². The highest BCUT2D eigenvalue weighted by Crippen LogP contribution is 2.29. The molecule has 3 aromatic rings. The van der Waals surface area contributed by atoms with Crippen LogP contribution in [0.5, 0.6) is 23.0 Å². The van der Waals surface area contributed by atoms with Gasteiger partial charge in [-0.25, -0.2) is 4.98 Å². The van der Waals surface area contributed by atoms with E-state index in [1.807, 2.05) is 12.1 Å². The predicted octanol–water partition coefficient (Wildman–Crippen LogP) is 3.49. The highest BCUT2D eigenvalue weighted by Gasteiger charge is 2.36. The van der Waals surface area contributed by atoms with Crippen molar-refractivity contribution in [3.8, 4) is 23.0 Å². The number of rotatable bonds is 7. The molecule has 3 N–H and O–H groups in total. The Morgan fingerprint density at radius 1 is 1.10 bits per heavy atom. The number of imidazole rings is 1. The van der Waals surface area contributed by atoms with Gasteiger partial charge in [0.15, 0.2) is 11.8 Å². The lowest BCUT2D eigenvalue weighted by atomic mass is 10.1. The first-order valence-electron chi connectivity index (χ1n) is 14.0. The second-order valence-electron chi connectivity index (χ2n) is 10.4. The molecular formula is C30H36ClN5O6. The van der Waals surface area contributed by atoms with Crippen LogP contribution in [-0.2, 0) is 24.3 Å². The van der Waals surface area contributed by atoms with E-state index in [0.717, 1.165) is 36.3 Å². The fraction of sp³-hybridized carbons (Fsp3) is 0.433. The quantitative estimate of drug-likeness (QED) is 0.378. The molecule has 42 heavy (non-hydrogen) atoms. The molecule has 6 rings (SSSR count). The van der Waals surface area contributed by atoms with Gasteiger partial charge in [0.25, 0.3) is 11.8 Å². The maximum absolute atomic E-state index is 13.5. The zero-order valence-corrected chi connectivity index (χ0v) is 24.8. The molecule has 4 heterocycles. The molecular weight excluding hydrogens is 562 g/mol. The molecule has 4 bridgehead atoms. The van der Waals surface area contributed by atoms with Crippen LogP contribution in [0.15, 0.2) is 36.4 Å². The zero-order chi connectivity index (χ0) is 29.6. The van der Waals surface area contributed by atoms with Gasteiger partial charge in [-0.1, -0.05) is 24.9 Å². The maximum Gasteiger partial charge on any atom is 0.258 e. The summed E-state index contributed by atoms with van der Waals surface area (Å²) >= 11 is 6.48. The summed E-state index contributed by atoms with van der Waals surface area (Å²) in [4.78, 5) is 36.0. The Morgan fingerprint density at radius 2 is 1.95 bits per heavy atom. The molecule has 1 fully saturated rings. The number of benzene rings is 2. The Morgan fingerprint density at radius 3 is 2.74 bits per heavy atom. The number of halogens is 1. The van der Waals surface area contributed by atoms with Gasteiger partial charge in [-0.2, -0.15) is 0 Å². The minimum Gasteiger partial charge on any atom is -0.497 e. The lowest BCUT2D eigenvalue weighted by Gasteiger charge is -2.22. The van der Waals surface area contributed by atoms with Crippen LogP contribution < -0.4 is 29.6 Å². The van der Waals surface area contributed by atoms with Crippen molar-refractivity contribution in [1.82, 2.24) is 25.5 Å². The summed E-state index contributed by atoms with van der Waals surface area (Å²) in [5, 5.41) is 6.44. The molecule has 1 saturated heterocycles. The van der Waals surface area contributed by atoms with Crippen molar-refractivity contribution in [1.29, 1.82) is 0 Å². The number of carbonyl (C=O) groups excluding carboxylic acids is 2. The first-order chi connectivity index (χ1) is 20.3. The van der Waals surface area contributed by atoms with Gasteiger partial charge < -0.3 is 34.6 Å². The molecule has 12 heteroatoms. The van der Waals surface area contributed by atoms with E-state index in [0.29, 0.717) is 53.3 Å². The smallest absolute Gasteiger partial charge is 0.258 e. The number of aryl methyl sites for hydroxylation is 1. The van der Waals surface area contributed by atoms with E-state index in [2.05, 4.69) is 32.4 Å². The highest BCUT2D eigenvalue weighted by molar-refractivity contribution is 6.30. The number of hydrogen-bond donors (Lipinski definition) is 3. The number of ether oxygens (including phenoxy) is 4. The summed E-state index contributed by atoms with van der Waals surface area (Å²) < 4.78 is 23.1. The van der Waals surface area contributed by atoms with E-state index in [4.69, 9.17) is 30.5 Å². The van der Waals surface area contributed by atoms with Crippen molar-refractivity contribution in [3.63, 3.8) is 0 Å². The topological polar surface area (TPSA) is 127 Å². The number of aromatic nitrogens is 2. The second-order valence-corrected chi connectivity index (χ2v) is 10.8. The average Bonchev–Trinajstić information content (AvgIpc) is 3.54. The van der Waals surface area contributed by atoms with Crippen molar-refractivity contribution in [2.75, 3.05) is 33.9 Å². The van der Waals surface area contributed by atoms with Crippen molar-refractivity contribution in [3.05, 3.63) is 64.2 Å². The third-order valence-electron chi connectivity index (χ3n) is 7.35. The number of aromatic amines is 1. The van der Waals surface area contributed by atoms with Gasteiger partial charge in [0.2, 0.25) is 0 Å². The lowest BCUT2D eigenvalue weighted by Crippen LogP contribution is -2.45. The number of nitrogens with one attached hydrogen (secondary N) is 3. The van der Waals surface area contributed by atoms with E-state index in [9.17, 15) is 9.59 Å². The minimum absolute atomic E-state index is 0.228. The van der Waals surface area contributed by atoms with Gasteiger partial charge in [0.05, 0.1) is 26.0 Å². The van der Waals surface area contributed by atoms with Crippen molar-refractivity contribution in [2.45, 2.75) is 51.4 Å². The van der Waals surface area contributed by atoms with Crippen LogP contribution in [0.1, 0.15) is 47.2 Å². The fourth-order valence-electron chi connectivity index (χ4n) is 5.14. The Kier molecular flexibility index (Phi) is 9.38. The van der Waals surface area contributed by atoms with Crippen LogP contribution in [0.2, 0.25) is 5.15 Å². The molecule has 1 aromatic heterocycles. The van der Waals surface area contributed by atoms with Crippen molar-refractivity contribution >= 4 is 23.4 Å². The van der Waals surface area contributed by atoms with Crippen LogP contribution in [0.4, 0.5) is 0 Å². The standard InChI is InChI=1S/C30H36ClN5O6/c1-4-5-6-27-33-24(29(31)35-27)15-36-14-23-26(16-36)42-20-8-7-18(25(12-20)40-3)13-32-28(37)17-41-22-10-19(30(38)34-23)9-21(11-22)39-2/h7-12,23,26H,4-6,13-17H2,1-3H3,(H,32,37)(H,33,35)(H,34,38)/t23-,26-/m0/s1. The molecule has 2 amide bonds. The molecule has 0 unspecified atom stereocenters. The number of nitrogens with zero attached hydrogens (tertiary/aromatic N) is 2. The fourth-order valence-corrected chi connectivity index (χ4v) is 5.35. The zero-order valence-electron chi connectivity index (χ0n) is 24.0. The molecule has 224 valence electrons. The van der Waals surface area contributed by atoms with Gasteiger partial charge in [0.1, 0.15) is 34.9 Å². The number of H-pyrrole nitrogens is 1. The van der Waals surface area contributed by atoms with Gasteiger partial charge >= 0.3 is 0 Å².